The molecule has 0 radical (unpaired) electrons. The van der Waals surface area contributed by atoms with Gasteiger partial charge in [-0.25, -0.2) is 8.42 Å². The lowest BCUT2D eigenvalue weighted by molar-refractivity contribution is -0.116. The monoisotopic (exact) mass is 475 g/mol. The summed E-state index contributed by atoms with van der Waals surface area (Å²) >= 11 is 6.29. The molecule has 0 saturated heterocycles. The topological polar surface area (TPSA) is 95.2 Å². The van der Waals surface area contributed by atoms with E-state index >= 15 is 0 Å². The standard InChI is InChI=1S/C25H30ClNO4S/c1-15(2)22-10-19(26)11-23(16(3)4)24(22)12-20(28)14-32(30,31)21-8-17(13-27)7-18(9-21)25(5,6)29/h7-11,15-16,29H,12,14H2,1-6H3. The predicted octanol–water partition coefficient (Wildman–Crippen LogP) is 5.27. The molecule has 0 fully saturated rings. The van der Waals surface area contributed by atoms with Crippen LogP contribution in [-0.4, -0.2) is 25.1 Å². The molecule has 5 nitrogen and oxygen atoms in total. The summed E-state index contributed by atoms with van der Waals surface area (Å²) in [4.78, 5) is 12.8. The molecule has 0 aliphatic carbocycles. The lowest BCUT2D eigenvalue weighted by atomic mass is 9.86. The molecular formula is C25H30ClNO4S. The second-order valence-corrected chi connectivity index (χ2v) is 11.7. The van der Waals surface area contributed by atoms with Gasteiger partial charge in [0.1, 0.15) is 5.75 Å². The molecule has 0 heterocycles. The highest BCUT2D eigenvalue weighted by Crippen LogP contribution is 2.32. The van der Waals surface area contributed by atoms with Crippen molar-refractivity contribution in [1.82, 2.24) is 0 Å². The number of rotatable bonds is 8. The Hall–Kier alpha value is -2.20. The third-order valence-corrected chi connectivity index (χ3v) is 7.23. The van der Waals surface area contributed by atoms with Gasteiger partial charge in [-0.3, -0.25) is 4.79 Å². The van der Waals surface area contributed by atoms with E-state index in [0.29, 0.717) is 10.6 Å². The Kier molecular flexibility index (Phi) is 7.93. The van der Waals surface area contributed by atoms with E-state index in [-0.39, 0.29) is 28.7 Å². The lowest BCUT2D eigenvalue weighted by Gasteiger charge is -2.20. The maximum absolute atomic E-state index is 13.0. The number of sulfone groups is 1. The Labute approximate surface area is 196 Å². The molecule has 7 heteroatoms. The molecule has 0 aromatic heterocycles. The zero-order chi connectivity index (χ0) is 24.4. The van der Waals surface area contributed by atoms with Crippen LogP contribution in [0.3, 0.4) is 0 Å². The molecule has 172 valence electrons. The summed E-state index contributed by atoms with van der Waals surface area (Å²) in [5.74, 6) is -0.895. The quantitative estimate of drug-likeness (QED) is 0.561. The van der Waals surface area contributed by atoms with Crippen LogP contribution in [0.2, 0.25) is 5.02 Å². The van der Waals surface area contributed by atoms with Crippen LogP contribution in [0.15, 0.2) is 35.2 Å². The van der Waals surface area contributed by atoms with Gasteiger partial charge >= 0.3 is 0 Å². The van der Waals surface area contributed by atoms with Gasteiger partial charge in [0, 0.05) is 11.4 Å². The molecule has 0 atom stereocenters. The van der Waals surface area contributed by atoms with Crippen molar-refractivity contribution in [3.63, 3.8) is 0 Å². The van der Waals surface area contributed by atoms with E-state index in [4.69, 9.17) is 11.6 Å². The Morgan fingerprint density at radius 2 is 1.59 bits per heavy atom. The molecule has 32 heavy (non-hydrogen) atoms. The average molecular weight is 476 g/mol. The van der Waals surface area contributed by atoms with Crippen LogP contribution in [0, 0.1) is 11.3 Å². The molecule has 0 aliphatic heterocycles. The first kappa shape index (κ1) is 26.1. The van der Waals surface area contributed by atoms with Gasteiger partial charge in [0.15, 0.2) is 15.6 Å². The van der Waals surface area contributed by atoms with Crippen molar-refractivity contribution < 1.29 is 18.3 Å². The third-order valence-electron chi connectivity index (χ3n) is 5.35. The second kappa shape index (κ2) is 9.74. The van der Waals surface area contributed by atoms with Crippen LogP contribution in [0.4, 0.5) is 0 Å². The maximum atomic E-state index is 13.0. The molecule has 0 amide bonds. The number of nitriles is 1. The number of carbonyl (C=O) groups is 1. The maximum Gasteiger partial charge on any atom is 0.185 e. The first-order chi connectivity index (χ1) is 14.7. The largest absolute Gasteiger partial charge is 0.386 e. The van der Waals surface area contributed by atoms with E-state index in [2.05, 4.69) is 0 Å². The number of benzene rings is 2. The summed E-state index contributed by atoms with van der Waals surface area (Å²) in [6.45, 7) is 11.0. The average Bonchev–Trinajstić information content (AvgIpc) is 2.67. The molecule has 0 aliphatic rings. The fourth-order valence-electron chi connectivity index (χ4n) is 3.65. The van der Waals surface area contributed by atoms with Crippen molar-refractivity contribution >= 4 is 27.2 Å². The second-order valence-electron chi connectivity index (χ2n) is 9.26. The highest BCUT2D eigenvalue weighted by atomic mass is 35.5. The summed E-state index contributed by atoms with van der Waals surface area (Å²) in [5, 5.41) is 20.2. The first-order valence-electron chi connectivity index (χ1n) is 10.5. The van der Waals surface area contributed by atoms with Crippen molar-refractivity contribution in [3.05, 3.63) is 63.2 Å². The Morgan fingerprint density at radius 1 is 1.06 bits per heavy atom. The number of hydrogen-bond donors (Lipinski definition) is 1. The number of nitrogens with zero attached hydrogens (tertiary/aromatic N) is 1. The van der Waals surface area contributed by atoms with Crippen LogP contribution in [0.1, 0.15) is 81.2 Å². The Morgan fingerprint density at radius 3 is 2.03 bits per heavy atom. The van der Waals surface area contributed by atoms with E-state index in [1.807, 2.05) is 45.9 Å². The van der Waals surface area contributed by atoms with Crippen LogP contribution in [0.25, 0.3) is 0 Å². The highest BCUT2D eigenvalue weighted by molar-refractivity contribution is 7.92. The normalized spacial score (nSPS) is 12.3. The van der Waals surface area contributed by atoms with Crippen LogP contribution in [0.5, 0.6) is 0 Å². The van der Waals surface area contributed by atoms with E-state index in [9.17, 15) is 23.6 Å². The van der Waals surface area contributed by atoms with Gasteiger partial charge in [-0.2, -0.15) is 5.26 Å². The third kappa shape index (κ3) is 6.19. The fraction of sp³-hybridized carbons (Fsp3) is 0.440. The van der Waals surface area contributed by atoms with Crippen LogP contribution >= 0.6 is 11.6 Å². The number of Topliss-reactive ketones (excluding diaryl/α,β-unsaturated/α-hetero) is 1. The summed E-state index contributed by atoms with van der Waals surface area (Å²) in [6.07, 6.45) is -0.0201. The number of halogens is 1. The zero-order valence-corrected chi connectivity index (χ0v) is 20.9. The van der Waals surface area contributed by atoms with E-state index in [1.54, 1.807) is 0 Å². The zero-order valence-electron chi connectivity index (χ0n) is 19.4. The fourth-order valence-corrected chi connectivity index (χ4v) is 5.19. The van der Waals surface area contributed by atoms with E-state index < -0.39 is 27.0 Å². The minimum atomic E-state index is -4.01. The smallest absolute Gasteiger partial charge is 0.185 e. The van der Waals surface area contributed by atoms with Gasteiger partial charge in [0.25, 0.3) is 0 Å². The molecule has 0 bridgehead atoms. The number of hydrogen-bond acceptors (Lipinski definition) is 5. The summed E-state index contributed by atoms with van der Waals surface area (Å²) in [5.41, 5.74) is 1.76. The van der Waals surface area contributed by atoms with Crippen LogP contribution in [-0.2, 0) is 26.7 Å². The molecular weight excluding hydrogens is 446 g/mol. The number of aliphatic hydroxyl groups is 1. The van der Waals surface area contributed by atoms with Gasteiger partial charge < -0.3 is 5.11 Å². The number of ketones is 1. The lowest BCUT2D eigenvalue weighted by Crippen LogP contribution is -2.21. The van der Waals surface area contributed by atoms with Crippen molar-refractivity contribution in [2.24, 2.45) is 0 Å². The van der Waals surface area contributed by atoms with E-state index in [1.165, 1.54) is 32.0 Å². The molecule has 2 aromatic carbocycles. The van der Waals surface area contributed by atoms with Gasteiger partial charge in [0.05, 0.1) is 22.1 Å². The van der Waals surface area contributed by atoms with Gasteiger partial charge in [-0.15, -0.1) is 0 Å². The molecule has 0 spiro atoms. The molecule has 2 aromatic rings. The summed E-state index contributed by atoms with van der Waals surface area (Å²) < 4.78 is 26.1. The van der Waals surface area contributed by atoms with Crippen molar-refractivity contribution in [3.8, 4) is 6.07 Å². The predicted molar refractivity (Wildman–Crippen MR) is 127 cm³/mol. The highest BCUT2D eigenvalue weighted by Gasteiger charge is 2.26. The van der Waals surface area contributed by atoms with Crippen LogP contribution < -0.4 is 0 Å². The summed E-state index contributed by atoms with van der Waals surface area (Å²) in [6, 6.07) is 9.59. The van der Waals surface area contributed by atoms with Crippen molar-refractivity contribution in [1.29, 1.82) is 5.26 Å². The van der Waals surface area contributed by atoms with Crippen molar-refractivity contribution in [2.45, 2.75) is 70.3 Å². The summed E-state index contributed by atoms with van der Waals surface area (Å²) in [7, 11) is -4.01. The molecule has 2 rings (SSSR count). The minimum Gasteiger partial charge on any atom is -0.386 e. The van der Waals surface area contributed by atoms with Crippen molar-refractivity contribution in [2.75, 3.05) is 5.75 Å². The van der Waals surface area contributed by atoms with Gasteiger partial charge in [-0.1, -0.05) is 39.3 Å². The van der Waals surface area contributed by atoms with Gasteiger partial charge in [0.2, 0.25) is 0 Å². The van der Waals surface area contributed by atoms with E-state index in [0.717, 1.165) is 16.7 Å². The molecule has 0 unspecified atom stereocenters. The molecule has 1 N–H and O–H groups in total. The SMILES string of the molecule is CC(C)c1cc(Cl)cc(C(C)C)c1CC(=O)CS(=O)(=O)c1cc(C#N)cc(C(C)(C)O)c1. The first-order valence-corrected chi connectivity index (χ1v) is 12.5. The number of carbonyl (C=O) groups excluding carboxylic acids is 1. The Balaban J connectivity index is 2.44. The van der Waals surface area contributed by atoms with Gasteiger partial charge in [-0.05, 0) is 78.3 Å². The Bertz CT molecular complexity index is 1140. The minimum absolute atomic E-state index is 0.0201. The molecule has 0 saturated carbocycles.